The van der Waals surface area contributed by atoms with Crippen LogP contribution in [0.15, 0.2) is 59.0 Å². The van der Waals surface area contributed by atoms with Crippen molar-refractivity contribution in [3.63, 3.8) is 0 Å². The lowest BCUT2D eigenvalue weighted by molar-refractivity contribution is -0.116. The highest BCUT2D eigenvalue weighted by molar-refractivity contribution is 7.17. The first-order valence-corrected chi connectivity index (χ1v) is 12.4. The van der Waals surface area contributed by atoms with Crippen LogP contribution in [0.5, 0.6) is 0 Å². The number of hydrogen-bond acceptors (Lipinski definition) is 6. The number of benzene rings is 2. The van der Waals surface area contributed by atoms with E-state index in [2.05, 4.69) is 16.4 Å². The Hall–Kier alpha value is -3.78. The van der Waals surface area contributed by atoms with Crippen LogP contribution in [0.25, 0.3) is 21.3 Å². The molecule has 0 bridgehead atoms. The van der Waals surface area contributed by atoms with Gasteiger partial charge in [0, 0.05) is 16.6 Å². The van der Waals surface area contributed by atoms with Crippen LogP contribution in [-0.4, -0.2) is 28.0 Å². The molecular formula is C27H27N3O4S. The lowest BCUT2D eigenvalue weighted by Gasteiger charge is -2.09. The first kappa shape index (κ1) is 24.3. The molecule has 0 aliphatic heterocycles. The third-order valence-corrected chi connectivity index (χ3v) is 6.71. The van der Waals surface area contributed by atoms with Crippen molar-refractivity contribution in [1.29, 1.82) is 0 Å². The largest absolute Gasteiger partial charge is 0.462 e. The average Bonchev–Trinajstić information content (AvgIpc) is 3.28. The fourth-order valence-corrected chi connectivity index (χ4v) is 4.55. The molecular weight excluding hydrogens is 462 g/mol. The van der Waals surface area contributed by atoms with E-state index in [1.165, 1.54) is 27.8 Å². The van der Waals surface area contributed by atoms with Crippen molar-refractivity contribution in [2.45, 2.75) is 40.2 Å². The van der Waals surface area contributed by atoms with Gasteiger partial charge in [-0.3, -0.25) is 14.2 Å². The van der Waals surface area contributed by atoms with Crippen molar-refractivity contribution in [3.05, 3.63) is 81.2 Å². The number of nitrogens with one attached hydrogen (secondary N) is 1. The SMILES string of the molecule is CCCCOC(=O)c1ccc(NC(=O)Cn2cnc3scc(-c4ccc(C)c(C)c4)c3c2=O)cc1. The molecule has 0 saturated heterocycles. The van der Waals surface area contributed by atoms with E-state index in [9.17, 15) is 14.4 Å². The number of amides is 1. The molecule has 1 N–H and O–H groups in total. The molecule has 180 valence electrons. The number of nitrogens with zero attached hydrogens (tertiary/aromatic N) is 2. The fourth-order valence-electron chi connectivity index (χ4n) is 3.64. The summed E-state index contributed by atoms with van der Waals surface area (Å²) in [6.07, 6.45) is 3.17. The standard InChI is InChI=1S/C27H27N3O4S/c1-4-5-12-34-27(33)19-8-10-21(11-9-19)29-23(31)14-30-16-28-25-24(26(30)32)22(15-35-25)20-7-6-17(2)18(3)13-20/h6-11,13,15-16H,4-5,12,14H2,1-3H3,(H,29,31). The molecule has 2 aromatic carbocycles. The molecule has 0 unspecified atom stereocenters. The molecule has 4 rings (SSSR count). The monoisotopic (exact) mass is 489 g/mol. The fraction of sp³-hybridized carbons (Fsp3) is 0.259. The second kappa shape index (κ2) is 10.7. The maximum Gasteiger partial charge on any atom is 0.338 e. The maximum absolute atomic E-state index is 13.2. The number of rotatable bonds is 8. The van der Waals surface area contributed by atoms with Gasteiger partial charge in [0.05, 0.1) is 23.9 Å². The number of aryl methyl sites for hydroxylation is 2. The van der Waals surface area contributed by atoms with Gasteiger partial charge in [-0.2, -0.15) is 0 Å². The Bertz CT molecular complexity index is 1440. The third-order valence-electron chi connectivity index (χ3n) is 5.83. The van der Waals surface area contributed by atoms with Crippen LogP contribution in [-0.2, 0) is 16.1 Å². The molecule has 2 aromatic heterocycles. The molecule has 0 fully saturated rings. The number of fused-ring (bicyclic) bond motifs is 1. The minimum atomic E-state index is -0.391. The number of anilines is 1. The molecule has 1 amide bonds. The van der Waals surface area contributed by atoms with Crippen LogP contribution >= 0.6 is 11.3 Å². The third kappa shape index (κ3) is 5.49. The van der Waals surface area contributed by atoms with Gasteiger partial charge in [-0.05, 0) is 61.2 Å². The van der Waals surface area contributed by atoms with Crippen LogP contribution in [0.3, 0.4) is 0 Å². The maximum atomic E-state index is 13.2. The van der Waals surface area contributed by atoms with E-state index in [-0.39, 0.29) is 18.0 Å². The van der Waals surface area contributed by atoms with E-state index in [0.29, 0.717) is 28.1 Å². The summed E-state index contributed by atoms with van der Waals surface area (Å²) in [6.45, 7) is 6.32. The van der Waals surface area contributed by atoms with Crippen molar-refractivity contribution < 1.29 is 14.3 Å². The summed E-state index contributed by atoms with van der Waals surface area (Å²) < 4.78 is 6.51. The molecule has 0 aliphatic rings. The van der Waals surface area contributed by atoms with Gasteiger partial charge in [0.1, 0.15) is 11.4 Å². The molecule has 0 radical (unpaired) electrons. The predicted octanol–water partition coefficient (Wildman–Crippen LogP) is 5.34. The zero-order chi connectivity index (χ0) is 24.9. The average molecular weight is 490 g/mol. The van der Waals surface area contributed by atoms with E-state index >= 15 is 0 Å². The molecule has 0 spiro atoms. The second-order valence-electron chi connectivity index (χ2n) is 8.42. The number of esters is 1. The Morgan fingerprint density at radius 2 is 1.86 bits per heavy atom. The lowest BCUT2D eigenvalue weighted by Crippen LogP contribution is -2.27. The summed E-state index contributed by atoms with van der Waals surface area (Å²) >= 11 is 1.41. The first-order valence-electron chi connectivity index (χ1n) is 11.5. The van der Waals surface area contributed by atoms with Crippen LogP contribution in [0.2, 0.25) is 0 Å². The number of thiophene rings is 1. The number of carbonyl (C=O) groups excluding carboxylic acids is 2. The second-order valence-corrected chi connectivity index (χ2v) is 9.28. The van der Waals surface area contributed by atoms with E-state index in [1.54, 1.807) is 24.3 Å². The smallest absolute Gasteiger partial charge is 0.338 e. The molecule has 0 saturated carbocycles. The Morgan fingerprint density at radius 1 is 1.09 bits per heavy atom. The Labute approximate surface area is 207 Å². The highest BCUT2D eigenvalue weighted by Gasteiger charge is 2.15. The Balaban J connectivity index is 1.49. The van der Waals surface area contributed by atoms with Crippen LogP contribution in [0.4, 0.5) is 5.69 Å². The highest BCUT2D eigenvalue weighted by atomic mass is 32.1. The topological polar surface area (TPSA) is 90.3 Å². The summed E-state index contributed by atoms with van der Waals surface area (Å²) in [5.74, 6) is -0.757. The van der Waals surface area contributed by atoms with Gasteiger partial charge in [0.15, 0.2) is 0 Å². The van der Waals surface area contributed by atoms with E-state index in [1.807, 2.05) is 38.3 Å². The van der Waals surface area contributed by atoms with Crippen molar-refractivity contribution in [2.75, 3.05) is 11.9 Å². The van der Waals surface area contributed by atoms with E-state index < -0.39 is 5.97 Å². The minimum Gasteiger partial charge on any atom is -0.462 e. The van der Waals surface area contributed by atoms with E-state index in [4.69, 9.17) is 4.74 Å². The van der Waals surface area contributed by atoms with Gasteiger partial charge in [0.2, 0.25) is 5.91 Å². The molecule has 2 heterocycles. The number of unbranched alkanes of at least 4 members (excludes halogenated alkanes) is 1. The van der Waals surface area contributed by atoms with Gasteiger partial charge in [-0.25, -0.2) is 9.78 Å². The Morgan fingerprint density at radius 3 is 2.57 bits per heavy atom. The van der Waals surface area contributed by atoms with Crippen molar-refractivity contribution in [2.24, 2.45) is 0 Å². The summed E-state index contributed by atoms with van der Waals surface area (Å²) in [5.41, 5.74) is 4.78. The van der Waals surface area contributed by atoms with Gasteiger partial charge < -0.3 is 10.1 Å². The summed E-state index contributed by atoms with van der Waals surface area (Å²) in [6, 6.07) is 12.6. The van der Waals surface area contributed by atoms with E-state index in [0.717, 1.165) is 29.5 Å². The van der Waals surface area contributed by atoms with Gasteiger partial charge in [-0.1, -0.05) is 31.5 Å². The molecule has 0 atom stereocenters. The van der Waals surface area contributed by atoms with Crippen molar-refractivity contribution in [3.8, 4) is 11.1 Å². The van der Waals surface area contributed by atoms with Gasteiger partial charge in [0.25, 0.3) is 5.56 Å². The summed E-state index contributed by atoms with van der Waals surface area (Å²) in [4.78, 5) is 43.0. The molecule has 35 heavy (non-hydrogen) atoms. The van der Waals surface area contributed by atoms with Crippen molar-refractivity contribution >= 4 is 39.1 Å². The van der Waals surface area contributed by atoms with Gasteiger partial charge in [-0.15, -0.1) is 11.3 Å². The predicted molar refractivity (Wildman–Crippen MR) is 139 cm³/mol. The molecule has 8 heteroatoms. The van der Waals surface area contributed by atoms with Crippen molar-refractivity contribution in [1.82, 2.24) is 9.55 Å². The Kier molecular flexibility index (Phi) is 7.41. The number of carbonyl (C=O) groups is 2. The molecule has 7 nitrogen and oxygen atoms in total. The number of ether oxygens (including phenoxy) is 1. The number of hydrogen-bond donors (Lipinski definition) is 1. The summed E-state index contributed by atoms with van der Waals surface area (Å²) in [7, 11) is 0. The van der Waals surface area contributed by atoms with Crippen LogP contribution in [0, 0.1) is 13.8 Å². The van der Waals surface area contributed by atoms with Crippen LogP contribution in [0.1, 0.15) is 41.3 Å². The highest BCUT2D eigenvalue weighted by Crippen LogP contribution is 2.31. The normalized spacial score (nSPS) is 10.9. The zero-order valence-corrected chi connectivity index (χ0v) is 20.8. The zero-order valence-electron chi connectivity index (χ0n) is 20.0. The minimum absolute atomic E-state index is 0.176. The van der Waals surface area contributed by atoms with Gasteiger partial charge >= 0.3 is 5.97 Å². The molecule has 0 aliphatic carbocycles. The van der Waals surface area contributed by atoms with Crippen LogP contribution < -0.4 is 10.9 Å². The quantitative estimate of drug-likeness (QED) is 0.267. The number of aromatic nitrogens is 2. The first-order chi connectivity index (χ1) is 16.9. The lowest BCUT2D eigenvalue weighted by atomic mass is 10.0. The summed E-state index contributed by atoms with van der Waals surface area (Å²) in [5, 5.41) is 5.21. The molecule has 4 aromatic rings.